The van der Waals surface area contributed by atoms with E-state index < -0.39 is 0 Å². The Balaban J connectivity index is 1.78. The summed E-state index contributed by atoms with van der Waals surface area (Å²) in [5.74, 6) is 0.237. The minimum atomic E-state index is -0.352. The van der Waals surface area contributed by atoms with Crippen molar-refractivity contribution in [2.75, 3.05) is 19.8 Å². The molecule has 1 aliphatic heterocycles. The van der Waals surface area contributed by atoms with Crippen LogP contribution in [0.1, 0.15) is 23.1 Å². The molecule has 2 heterocycles. The van der Waals surface area contributed by atoms with Gasteiger partial charge in [0.1, 0.15) is 17.7 Å². The van der Waals surface area contributed by atoms with Crippen molar-refractivity contribution >= 4 is 5.91 Å². The molecule has 0 unspecified atom stereocenters. The molecule has 0 bridgehead atoms. The highest BCUT2D eigenvalue weighted by Gasteiger charge is 2.30. The zero-order chi connectivity index (χ0) is 15.5. The lowest BCUT2D eigenvalue weighted by atomic mass is 10.1. The lowest BCUT2D eigenvalue weighted by Crippen LogP contribution is -2.44. The number of amides is 1. The molecule has 1 aromatic heterocycles. The van der Waals surface area contributed by atoms with E-state index in [-0.39, 0.29) is 24.2 Å². The number of hydrogen-bond donors (Lipinski definition) is 1. The highest BCUT2D eigenvalue weighted by Crippen LogP contribution is 2.23. The van der Waals surface area contributed by atoms with Crippen molar-refractivity contribution in [3.8, 4) is 0 Å². The van der Waals surface area contributed by atoms with E-state index in [2.05, 4.69) is 9.97 Å². The van der Waals surface area contributed by atoms with Crippen LogP contribution in [-0.2, 0) is 16.0 Å². The lowest BCUT2D eigenvalue weighted by molar-refractivity contribution is -0.139. The molecule has 0 spiro atoms. The first-order valence-electron chi connectivity index (χ1n) is 7.27. The van der Waals surface area contributed by atoms with Crippen LogP contribution in [0.4, 0.5) is 4.39 Å². The zero-order valence-corrected chi connectivity index (χ0v) is 12.4. The average Bonchev–Trinajstić information content (AvgIpc) is 2.96. The molecule has 0 aliphatic carbocycles. The smallest absolute Gasteiger partial charge is 0.227 e. The first-order chi connectivity index (χ1) is 10.6. The van der Waals surface area contributed by atoms with E-state index in [1.807, 2.05) is 6.92 Å². The van der Waals surface area contributed by atoms with Crippen LogP contribution in [0.2, 0.25) is 0 Å². The molecule has 1 aromatic carbocycles. The number of aryl methyl sites for hydroxylation is 1. The van der Waals surface area contributed by atoms with E-state index in [9.17, 15) is 9.18 Å². The third-order valence-electron chi connectivity index (χ3n) is 3.79. The Morgan fingerprint density at radius 3 is 3.05 bits per heavy atom. The van der Waals surface area contributed by atoms with E-state index >= 15 is 0 Å². The molecule has 1 aliphatic rings. The fraction of sp³-hybridized carbons (Fsp3) is 0.375. The summed E-state index contributed by atoms with van der Waals surface area (Å²) in [6.07, 6.45) is 1.77. The number of ether oxygens (including phenoxy) is 1. The normalized spacial score (nSPS) is 18.5. The number of aromatic nitrogens is 2. The fourth-order valence-electron chi connectivity index (χ4n) is 2.64. The number of nitrogens with one attached hydrogen (secondary N) is 1. The Morgan fingerprint density at radius 1 is 1.50 bits per heavy atom. The van der Waals surface area contributed by atoms with Crippen molar-refractivity contribution in [1.82, 2.24) is 14.9 Å². The predicted octanol–water partition coefficient (Wildman–Crippen LogP) is 2.00. The predicted molar refractivity (Wildman–Crippen MR) is 78.7 cm³/mol. The Kier molecular flexibility index (Phi) is 4.20. The van der Waals surface area contributed by atoms with Crippen LogP contribution >= 0.6 is 0 Å². The summed E-state index contributed by atoms with van der Waals surface area (Å²) in [6, 6.07) is 6.11. The lowest BCUT2D eigenvalue weighted by Gasteiger charge is -2.34. The summed E-state index contributed by atoms with van der Waals surface area (Å²) in [4.78, 5) is 21.7. The molecular weight excluding hydrogens is 285 g/mol. The Hall–Kier alpha value is -2.21. The van der Waals surface area contributed by atoms with Gasteiger partial charge < -0.3 is 14.6 Å². The fourth-order valence-corrected chi connectivity index (χ4v) is 2.64. The van der Waals surface area contributed by atoms with Crippen LogP contribution in [0.25, 0.3) is 0 Å². The first kappa shape index (κ1) is 14.7. The van der Waals surface area contributed by atoms with Crippen molar-refractivity contribution in [2.24, 2.45) is 0 Å². The van der Waals surface area contributed by atoms with E-state index in [1.165, 1.54) is 6.07 Å². The molecule has 0 radical (unpaired) electrons. The van der Waals surface area contributed by atoms with Crippen LogP contribution in [0.3, 0.4) is 0 Å². The summed E-state index contributed by atoms with van der Waals surface area (Å²) >= 11 is 0. The molecule has 0 saturated carbocycles. The number of morpholine rings is 1. The summed E-state index contributed by atoms with van der Waals surface area (Å²) < 4.78 is 19.2. The molecule has 22 heavy (non-hydrogen) atoms. The van der Waals surface area contributed by atoms with Crippen LogP contribution in [0, 0.1) is 12.7 Å². The topological polar surface area (TPSA) is 58.2 Å². The number of nitrogens with zero attached hydrogens (tertiary/aromatic N) is 2. The van der Waals surface area contributed by atoms with Crippen molar-refractivity contribution in [1.29, 1.82) is 0 Å². The van der Waals surface area contributed by atoms with Crippen molar-refractivity contribution < 1.29 is 13.9 Å². The number of rotatable bonds is 3. The van der Waals surface area contributed by atoms with Gasteiger partial charge in [-0.15, -0.1) is 0 Å². The molecule has 1 amide bonds. The molecular formula is C16H18FN3O2. The van der Waals surface area contributed by atoms with Gasteiger partial charge in [0.05, 0.1) is 19.6 Å². The first-order valence-corrected chi connectivity index (χ1v) is 7.27. The van der Waals surface area contributed by atoms with Crippen molar-refractivity contribution in [2.45, 2.75) is 19.4 Å². The zero-order valence-electron chi connectivity index (χ0n) is 12.4. The number of imidazole rings is 1. The molecule has 3 rings (SSSR count). The Morgan fingerprint density at radius 2 is 2.32 bits per heavy atom. The summed E-state index contributed by atoms with van der Waals surface area (Å²) in [5, 5.41) is 0. The standard InChI is InChI=1S/C16H18FN3O2/c1-11-9-18-16(19-11)14-10-22-7-6-20(14)15(21)8-12-4-2-3-5-13(12)17/h2-5,9,14H,6-8,10H2,1H3,(H,18,19)/t14-/m0/s1. The molecule has 116 valence electrons. The molecule has 2 aromatic rings. The number of benzene rings is 1. The van der Waals surface area contributed by atoms with Gasteiger partial charge in [0, 0.05) is 18.4 Å². The van der Waals surface area contributed by atoms with E-state index in [1.54, 1.807) is 29.3 Å². The average molecular weight is 303 g/mol. The van der Waals surface area contributed by atoms with Crippen molar-refractivity contribution in [3.63, 3.8) is 0 Å². The maximum absolute atomic E-state index is 13.7. The number of halogens is 1. The third kappa shape index (κ3) is 3.01. The minimum absolute atomic E-state index is 0.0445. The number of carbonyl (C=O) groups excluding carboxylic acids is 1. The van der Waals surface area contributed by atoms with Gasteiger partial charge in [-0.2, -0.15) is 0 Å². The maximum atomic E-state index is 13.7. The highest BCUT2D eigenvalue weighted by molar-refractivity contribution is 5.79. The van der Waals surface area contributed by atoms with Crippen LogP contribution in [-0.4, -0.2) is 40.5 Å². The Bertz CT molecular complexity index is 671. The summed E-state index contributed by atoms with van der Waals surface area (Å²) in [6.45, 7) is 3.28. The molecule has 1 saturated heterocycles. The monoisotopic (exact) mass is 303 g/mol. The number of aromatic amines is 1. The van der Waals surface area contributed by atoms with Crippen molar-refractivity contribution in [3.05, 3.63) is 53.4 Å². The number of carbonyl (C=O) groups is 1. The van der Waals surface area contributed by atoms with E-state index in [0.29, 0.717) is 31.1 Å². The van der Waals surface area contributed by atoms with Gasteiger partial charge in [-0.1, -0.05) is 18.2 Å². The van der Waals surface area contributed by atoms with Crippen LogP contribution in [0.15, 0.2) is 30.5 Å². The second-order valence-electron chi connectivity index (χ2n) is 5.40. The van der Waals surface area contributed by atoms with Gasteiger partial charge >= 0.3 is 0 Å². The second kappa shape index (κ2) is 6.27. The van der Waals surface area contributed by atoms with Crippen LogP contribution < -0.4 is 0 Å². The molecule has 5 nitrogen and oxygen atoms in total. The highest BCUT2D eigenvalue weighted by atomic mass is 19.1. The van der Waals surface area contributed by atoms with Gasteiger partial charge in [0.25, 0.3) is 0 Å². The van der Waals surface area contributed by atoms with Gasteiger partial charge in [-0.3, -0.25) is 4.79 Å². The molecule has 1 fully saturated rings. The third-order valence-corrected chi connectivity index (χ3v) is 3.79. The molecule has 1 N–H and O–H groups in total. The maximum Gasteiger partial charge on any atom is 0.227 e. The second-order valence-corrected chi connectivity index (χ2v) is 5.40. The van der Waals surface area contributed by atoms with Crippen LogP contribution in [0.5, 0.6) is 0 Å². The van der Waals surface area contributed by atoms with Gasteiger partial charge in [-0.25, -0.2) is 9.37 Å². The Labute approximate surface area is 128 Å². The quantitative estimate of drug-likeness (QED) is 0.943. The molecule has 1 atom stereocenters. The van der Waals surface area contributed by atoms with Gasteiger partial charge in [0.2, 0.25) is 5.91 Å². The van der Waals surface area contributed by atoms with E-state index in [0.717, 1.165) is 5.69 Å². The number of H-pyrrole nitrogens is 1. The largest absolute Gasteiger partial charge is 0.377 e. The summed E-state index contributed by atoms with van der Waals surface area (Å²) in [7, 11) is 0. The summed E-state index contributed by atoms with van der Waals surface area (Å²) in [5.41, 5.74) is 1.34. The SMILES string of the molecule is Cc1cnc([C@@H]2COCCN2C(=O)Cc2ccccc2F)[nH]1. The minimum Gasteiger partial charge on any atom is -0.377 e. The number of hydrogen-bond acceptors (Lipinski definition) is 3. The van der Waals surface area contributed by atoms with Gasteiger partial charge in [0.15, 0.2) is 0 Å². The van der Waals surface area contributed by atoms with E-state index in [4.69, 9.17) is 4.74 Å². The molecule has 6 heteroatoms. The van der Waals surface area contributed by atoms with Gasteiger partial charge in [-0.05, 0) is 18.6 Å².